The predicted molar refractivity (Wildman–Crippen MR) is 99.7 cm³/mol. The molecule has 132 valence electrons. The lowest BCUT2D eigenvalue weighted by Gasteiger charge is -2.33. The minimum atomic E-state index is -0.221. The minimum Gasteiger partial charge on any atom is -0.357 e. The summed E-state index contributed by atoms with van der Waals surface area (Å²) in [7, 11) is 0. The van der Waals surface area contributed by atoms with E-state index in [1.165, 1.54) is 32.0 Å². The smallest absolute Gasteiger partial charge is 0.191 e. The number of nitrogens with zero attached hydrogens (tertiary/aromatic N) is 2. The molecule has 3 rings (SSSR count). The standard InChI is InChI=1S/C18H26BrFN4/c1-2-21-18(22-12-13-3-4-14(19)11-17(13)20)23-15-7-9-24(10-8-15)16-5-6-16/h3-4,11,15-16H,2,5-10,12H2,1H3,(H2,21,22,23). The van der Waals surface area contributed by atoms with Crippen molar-refractivity contribution in [2.45, 2.75) is 51.2 Å². The number of likely N-dealkylation sites (tertiary alicyclic amines) is 1. The predicted octanol–water partition coefficient (Wildman–Crippen LogP) is 3.27. The summed E-state index contributed by atoms with van der Waals surface area (Å²) in [5.74, 6) is 0.561. The number of piperidine rings is 1. The third-order valence-corrected chi connectivity index (χ3v) is 5.19. The van der Waals surface area contributed by atoms with Gasteiger partial charge in [0, 0.05) is 41.8 Å². The van der Waals surface area contributed by atoms with E-state index >= 15 is 0 Å². The molecule has 0 aromatic heterocycles. The summed E-state index contributed by atoms with van der Waals surface area (Å²) in [5, 5.41) is 6.79. The fourth-order valence-corrected chi connectivity index (χ4v) is 3.51. The van der Waals surface area contributed by atoms with E-state index in [1.54, 1.807) is 6.07 Å². The van der Waals surface area contributed by atoms with Crippen LogP contribution in [0.1, 0.15) is 38.2 Å². The van der Waals surface area contributed by atoms with E-state index in [0.717, 1.165) is 35.9 Å². The van der Waals surface area contributed by atoms with Gasteiger partial charge in [-0.25, -0.2) is 9.38 Å². The highest BCUT2D eigenvalue weighted by molar-refractivity contribution is 9.10. The number of hydrogen-bond donors (Lipinski definition) is 2. The van der Waals surface area contributed by atoms with Crippen molar-refractivity contribution in [1.82, 2.24) is 15.5 Å². The fraction of sp³-hybridized carbons (Fsp3) is 0.611. The Balaban J connectivity index is 1.55. The van der Waals surface area contributed by atoms with E-state index in [9.17, 15) is 4.39 Å². The molecule has 1 aliphatic carbocycles. The fourth-order valence-electron chi connectivity index (χ4n) is 3.18. The summed E-state index contributed by atoms with van der Waals surface area (Å²) in [6, 6.07) is 6.42. The molecule has 0 radical (unpaired) electrons. The third kappa shape index (κ3) is 4.93. The average molecular weight is 397 g/mol. The van der Waals surface area contributed by atoms with Gasteiger partial charge in [0.05, 0.1) is 6.54 Å². The molecule has 1 aromatic rings. The molecule has 1 saturated heterocycles. The Kier molecular flexibility index (Phi) is 6.11. The number of halogens is 2. The lowest BCUT2D eigenvalue weighted by Crippen LogP contribution is -2.49. The SMILES string of the molecule is CCNC(=NCc1ccc(Br)cc1F)NC1CCN(C2CC2)CC1. The van der Waals surface area contributed by atoms with Gasteiger partial charge in [-0.3, -0.25) is 0 Å². The number of benzene rings is 1. The van der Waals surface area contributed by atoms with Crippen LogP contribution in [-0.2, 0) is 6.54 Å². The highest BCUT2D eigenvalue weighted by Gasteiger charge is 2.31. The first-order valence-electron chi connectivity index (χ1n) is 8.88. The number of hydrogen-bond acceptors (Lipinski definition) is 2. The van der Waals surface area contributed by atoms with Gasteiger partial charge >= 0.3 is 0 Å². The van der Waals surface area contributed by atoms with Gasteiger partial charge in [-0.1, -0.05) is 22.0 Å². The van der Waals surface area contributed by atoms with Gasteiger partial charge in [-0.15, -0.1) is 0 Å². The van der Waals surface area contributed by atoms with Crippen LogP contribution < -0.4 is 10.6 Å². The van der Waals surface area contributed by atoms with Gasteiger partial charge in [0.25, 0.3) is 0 Å². The minimum absolute atomic E-state index is 0.221. The van der Waals surface area contributed by atoms with Crippen molar-refractivity contribution < 1.29 is 4.39 Å². The molecule has 0 spiro atoms. The lowest BCUT2D eigenvalue weighted by atomic mass is 10.1. The van der Waals surface area contributed by atoms with Crippen molar-refractivity contribution in [2.24, 2.45) is 4.99 Å². The monoisotopic (exact) mass is 396 g/mol. The molecule has 1 aliphatic heterocycles. The molecular formula is C18H26BrFN4. The molecule has 2 fully saturated rings. The number of nitrogens with one attached hydrogen (secondary N) is 2. The molecule has 0 atom stereocenters. The van der Waals surface area contributed by atoms with Crippen LogP contribution in [-0.4, -0.2) is 42.6 Å². The maximum absolute atomic E-state index is 13.9. The summed E-state index contributed by atoms with van der Waals surface area (Å²) in [4.78, 5) is 7.17. The second-order valence-electron chi connectivity index (χ2n) is 6.62. The zero-order valence-electron chi connectivity index (χ0n) is 14.2. The highest BCUT2D eigenvalue weighted by atomic mass is 79.9. The van der Waals surface area contributed by atoms with Crippen molar-refractivity contribution in [3.8, 4) is 0 Å². The van der Waals surface area contributed by atoms with Crippen molar-refractivity contribution in [2.75, 3.05) is 19.6 Å². The van der Waals surface area contributed by atoms with E-state index < -0.39 is 0 Å². The molecule has 6 heteroatoms. The zero-order valence-corrected chi connectivity index (χ0v) is 15.8. The quantitative estimate of drug-likeness (QED) is 0.592. The van der Waals surface area contributed by atoms with Gasteiger partial charge in [0.15, 0.2) is 5.96 Å². The maximum Gasteiger partial charge on any atom is 0.191 e. The number of rotatable bonds is 5. The molecule has 0 bridgehead atoms. The van der Waals surface area contributed by atoms with Crippen molar-refractivity contribution in [3.05, 3.63) is 34.1 Å². The molecule has 1 saturated carbocycles. The van der Waals surface area contributed by atoms with Crippen LogP contribution in [0.5, 0.6) is 0 Å². The van der Waals surface area contributed by atoms with Crippen LogP contribution >= 0.6 is 15.9 Å². The Hall–Kier alpha value is -1.14. The second kappa shape index (κ2) is 8.30. The van der Waals surface area contributed by atoms with E-state index in [-0.39, 0.29) is 5.82 Å². The van der Waals surface area contributed by atoms with E-state index in [2.05, 4.69) is 36.5 Å². The van der Waals surface area contributed by atoms with E-state index in [4.69, 9.17) is 0 Å². The molecule has 4 nitrogen and oxygen atoms in total. The van der Waals surface area contributed by atoms with Crippen LogP contribution in [0.15, 0.2) is 27.7 Å². The summed E-state index contributed by atoms with van der Waals surface area (Å²) in [6.45, 7) is 5.53. The number of guanidine groups is 1. The Morgan fingerprint density at radius 3 is 2.67 bits per heavy atom. The Bertz CT molecular complexity index is 580. The van der Waals surface area contributed by atoms with E-state index in [1.807, 2.05) is 13.0 Å². The Labute approximate surface area is 152 Å². The molecular weight excluding hydrogens is 371 g/mol. The maximum atomic E-state index is 13.9. The Morgan fingerprint density at radius 1 is 1.29 bits per heavy atom. The lowest BCUT2D eigenvalue weighted by molar-refractivity contribution is 0.197. The van der Waals surface area contributed by atoms with Gasteiger partial charge in [-0.05, 0) is 44.7 Å². The first-order chi connectivity index (χ1) is 11.7. The van der Waals surface area contributed by atoms with Gasteiger partial charge in [0.2, 0.25) is 0 Å². The highest BCUT2D eigenvalue weighted by Crippen LogP contribution is 2.29. The zero-order chi connectivity index (χ0) is 16.9. The van der Waals surface area contributed by atoms with Gasteiger partial charge in [-0.2, -0.15) is 0 Å². The second-order valence-corrected chi connectivity index (χ2v) is 7.53. The summed E-state index contributed by atoms with van der Waals surface area (Å²) < 4.78 is 14.7. The average Bonchev–Trinajstić information content (AvgIpc) is 3.40. The van der Waals surface area contributed by atoms with Crippen LogP contribution in [0.3, 0.4) is 0 Å². The molecule has 1 heterocycles. The summed E-state index contributed by atoms with van der Waals surface area (Å²) >= 11 is 3.28. The van der Waals surface area contributed by atoms with Crippen molar-refractivity contribution in [3.63, 3.8) is 0 Å². The first-order valence-corrected chi connectivity index (χ1v) is 9.68. The topological polar surface area (TPSA) is 39.7 Å². The van der Waals surface area contributed by atoms with E-state index in [0.29, 0.717) is 18.2 Å². The normalized spacial score (nSPS) is 20.2. The van der Waals surface area contributed by atoms with Gasteiger partial charge < -0.3 is 15.5 Å². The van der Waals surface area contributed by atoms with Crippen LogP contribution in [0, 0.1) is 5.82 Å². The van der Waals surface area contributed by atoms with Crippen molar-refractivity contribution in [1.29, 1.82) is 0 Å². The van der Waals surface area contributed by atoms with Crippen LogP contribution in [0.2, 0.25) is 0 Å². The largest absolute Gasteiger partial charge is 0.357 e. The molecule has 0 unspecified atom stereocenters. The van der Waals surface area contributed by atoms with Crippen LogP contribution in [0.25, 0.3) is 0 Å². The first kappa shape index (κ1) is 17.7. The van der Waals surface area contributed by atoms with Crippen LogP contribution in [0.4, 0.5) is 4.39 Å². The number of aliphatic imine (C=N–C) groups is 1. The third-order valence-electron chi connectivity index (χ3n) is 4.70. The molecule has 1 aromatic carbocycles. The Morgan fingerprint density at radius 2 is 2.04 bits per heavy atom. The molecule has 2 N–H and O–H groups in total. The van der Waals surface area contributed by atoms with Gasteiger partial charge in [0.1, 0.15) is 5.82 Å². The molecule has 0 amide bonds. The summed E-state index contributed by atoms with van der Waals surface area (Å²) in [6.07, 6.45) is 5.04. The van der Waals surface area contributed by atoms with Crippen molar-refractivity contribution >= 4 is 21.9 Å². The molecule has 2 aliphatic rings. The summed E-state index contributed by atoms with van der Waals surface area (Å²) in [5.41, 5.74) is 0.610. The molecule has 24 heavy (non-hydrogen) atoms.